The van der Waals surface area contributed by atoms with Crippen molar-refractivity contribution >= 4 is 23.6 Å². The molecule has 7 rings (SSSR count). The van der Waals surface area contributed by atoms with Crippen LogP contribution < -0.4 is 0 Å². The summed E-state index contributed by atoms with van der Waals surface area (Å²) in [7, 11) is 2.12. The molecule has 1 N–H and O–H groups in total. The number of carbonyl (C=O) groups is 4. The molecule has 5 fully saturated rings. The Labute approximate surface area is 355 Å². The number of hydrogen-bond donors (Lipinski definition) is 1. The van der Waals surface area contributed by atoms with Crippen LogP contribution in [0.4, 0.5) is 0 Å². The fourth-order valence-corrected chi connectivity index (χ4v) is 14.3. The molecule has 5 aliphatic carbocycles. The van der Waals surface area contributed by atoms with Gasteiger partial charge in [0.25, 0.3) is 0 Å². The van der Waals surface area contributed by atoms with Crippen molar-refractivity contribution in [1.82, 2.24) is 14.7 Å². The highest BCUT2D eigenvalue weighted by Gasteiger charge is 2.66. The molecule has 1 aromatic carbocycles. The van der Waals surface area contributed by atoms with Crippen LogP contribution >= 0.6 is 0 Å². The predicted octanol–water partition coefficient (Wildman–Crippen LogP) is 8.66. The van der Waals surface area contributed by atoms with E-state index < -0.39 is 17.4 Å². The van der Waals surface area contributed by atoms with Crippen molar-refractivity contribution in [2.45, 2.75) is 139 Å². The van der Waals surface area contributed by atoms with Crippen molar-refractivity contribution in [2.24, 2.45) is 56.7 Å². The van der Waals surface area contributed by atoms with Crippen LogP contribution in [0.1, 0.15) is 132 Å². The minimum Gasteiger partial charge on any atom is -0.481 e. The number of ether oxygens (including phenoxy) is 1. The maximum Gasteiger partial charge on any atom is 0.309 e. The van der Waals surface area contributed by atoms with E-state index in [0.29, 0.717) is 42.4 Å². The molecular weight excluding hydrogens is 739 g/mol. The second kappa shape index (κ2) is 16.3. The summed E-state index contributed by atoms with van der Waals surface area (Å²) in [4.78, 5) is 59.7. The Morgan fingerprint density at radius 2 is 1.58 bits per heavy atom. The van der Waals surface area contributed by atoms with E-state index in [1.807, 2.05) is 11.0 Å². The van der Waals surface area contributed by atoms with Crippen LogP contribution in [0.15, 0.2) is 41.5 Å². The number of esters is 1. The molecule has 0 bridgehead atoms. The average Bonchev–Trinajstić information content (AvgIpc) is 3.48. The van der Waals surface area contributed by atoms with E-state index >= 15 is 0 Å². The molecule has 1 aliphatic heterocycles. The number of carbonyl (C=O) groups excluding carboxylic acids is 3. The zero-order valence-electron chi connectivity index (χ0n) is 37.9. The topological polar surface area (TPSA) is 107 Å². The monoisotopic (exact) mass is 814 g/mol. The van der Waals surface area contributed by atoms with Crippen molar-refractivity contribution in [3.8, 4) is 0 Å². The third-order valence-electron chi connectivity index (χ3n) is 17.5. The molecular formula is C50H75N3O6. The summed E-state index contributed by atoms with van der Waals surface area (Å²) in [5, 5.41) is 9.65. The summed E-state index contributed by atoms with van der Waals surface area (Å²) in [6.07, 6.45) is 9.65. The molecule has 1 heterocycles. The molecule has 8 atom stereocenters. The van der Waals surface area contributed by atoms with Crippen molar-refractivity contribution < 1.29 is 29.0 Å². The molecule has 0 aromatic heterocycles. The van der Waals surface area contributed by atoms with Gasteiger partial charge in [-0.1, -0.05) is 77.4 Å². The number of ketones is 1. The molecule has 4 saturated carbocycles. The second-order valence-electron chi connectivity index (χ2n) is 22.2. The smallest absolute Gasteiger partial charge is 0.309 e. The van der Waals surface area contributed by atoms with Gasteiger partial charge in [-0.3, -0.25) is 24.1 Å². The lowest BCUT2D eigenvalue weighted by Gasteiger charge is -2.69. The number of carboxylic acid groups (broad SMARTS) is 1. The number of carboxylic acids is 1. The van der Waals surface area contributed by atoms with E-state index in [2.05, 4.69) is 82.7 Å². The van der Waals surface area contributed by atoms with E-state index in [0.717, 1.165) is 103 Å². The Balaban J connectivity index is 1.11. The molecule has 0 radical (unpaired) electrons. The maximum absolute atomic E-state index is 14.3. The van der Waals surface area contributed by atoms with Crippen molar-refractivity contribution in [3.63, 3.8) is 0 Å². The van der Waals surface area contributed by atoms with Crippen LogP contribution in [0.5, 0.6) is 0 Å². The quantitative estimate of drug-likeness (QED) is 0.209. The van der Waals surface area contributed by atoms with Gasteiger partial charge in [-0.2, -0.15) is 0 Å². The molecule has 1 aromatic rings. The molecule has 9 heteroatoms. The van der Waals surface area contributed by atoms with E-state index in [1.54, 1.807) is 13.8 Å². The van der Waals surface area contributed by atoms with E-state index in [4.69, 9.17) is 4.74 Å². The Morgan fingerprint density at radius 3 is 2.24 bits per heavy atom. The number of hydrogen-bond acceptors (Lipinski definition) is 7. The van der Waals surface area contributed by atoms with Crippen LogP contribution in [-0.4, -0.2) is 95.9 Å². The van der Waals surface area contributed by atoms with E-state index in [-0.39, 0.29) is 46.0 Å². The second-order valence-corrected chi connectivity index (χ2v) is 22.2. The molecule has 1 amide bonds. The van der Waals surface area contributed by atoms with E-state index in [9.17, 15) is 24.3 Å². The first-order valence-electron chi connectivity index (χ1n) is 23.1. The third kappa shape index (κ3) is 8.10. The van der Waals surface area contributed by atoms with Crippen molar-refractivity contribution in [1.29, 1.82) is 0 Å². The number of likely N-dealkylation sites (N-methyl/N-ethyl adjacent to an activating group) is 1. The van der Waals surface area contributed by atoms with Gasteiger partial charge in [-0.05, 0) is 137 Å². The zero-order chi connectivity index (χ0) is 42.7. The minimum atomic E-state index is -1.16. The van der Waals surface area contributed by atoms with Crippen LogP contribution in [0.25, 0.3) is 0 Å². The van der Waals surface area contributed by atoms with Crippen LogP contribution in [0, 0.1) is 56.7 Å². The fraction of sp³-hybridized carbons (Fsp3) is 0.760. The zero-order valence-corrected chi connectivity index (χ0v) is 37.9. The SMILES string of the molecule is CC(C)C1=C2C3CCC4C(C)(CCC5C(C)(C)C(OC(=O)CC(C)(C)C(=O)O)CCC54C)C3CCC2(CCN(CC(=O)N2CCN(C)CC2)Cc2ccccc2)CC1=O. The highest BCUT2D eigenvalue weighted by Crippen LogP contribution is 2.73. The number of allylic oxidation sites excluding steroid dienone is 2. The maximum atomic E-state index is 14.3. The number of aliphatic carboxylic acids is 1. The van der Waals surface area contributed by atoms with Gasteiger partial charge in [0.15, 0.2) is 5.78 Å². The van der Waals surface area contributed by atoms with Crippen LogP contribution in [0.3, 0.4) is 0 Å². The summed E-state index contributed by atoms with van der Waals surface area (Å²) in [5.74, 6) is 1.26. The lowest BCUT2D eigenvalue weighted by atomic mass is 9.36. The first-order chi connectivity index (χ1) is 27.7. The van der Waals surface area contributed by atoms with Gasteiger partial charge in [-0.15, -0.1) is 0 Å². The normalized spacial score (nSPS) is 34.6. The third-order valence-corrected chi connectivity index (χ3v) is 17.5. The summed E-state index contributed by atoms with van der Waals surface area (Å²) >= 11 is 0. The number of rotatable bonds is 12. The molecule has 326 valence electrons. The Kier molecular flexibility index (Phi) is 12.2. The predicted molar refractivity (Wildman–Crippen MR) is 231 cm³/mol. The molecule has 1 saturated heterocycles. The number of amides is 1. The van der Waals surface area contributed by atoms with E-state index in [1.165, 1.54) is 11.1 Å². The summed E-state index contributed by atoms with van der Waals surface area (Å²) < 4.78 is 6.20. The standard InChI is InChI=1S/C50H75N3O6/c1-33(2)43-37(54)29-50(23-24-52(31-34-13-11-10-12-14-34)32-41(55)53-27-25-51(9)26-28-53)22-17-36-35(44(43)50)15-16-39-48(36,7)20-18-38-47(5,6)40(19-21-49(38,39)8)59-42(56)30-46(3,4)45(57)58/h10-14,33,35-36,38-40H,15-32H2,1-9H3,(H,57,58). The van der Waals surface area contributed by atoms with Crippen LogP contribution in [0.2, 0.25) is 0 Å². The van der Waals surface area contributed by atoms with Crippen molar-refractivity contribution in [3.05, 3.63) is 47.0 Å². The summed E-state index contributed by atoms with van der Waals surface area (Å²) in [5.41, 5.74) is 2.58. The highest BCUT2D eigenvalue weighted by atomic mass is 16.5. The number of Topliss-reactive ketones (excluding diaryl/α,β-unsaturated/α-hetero) is 1. The molecule has 0 spiro atoms. The van der Waals surface area contributed by atoms with Gasteiger partial charge in [-0.25, -0.2) is 0 Å². The number of benzene rings is 1. The highest BCUT2D eigenvalue weighted by molar-refractivity contribution is 6.00. The van der Waals surface area contributed by atoms with Gasteiger partial charge < -0.3 is 19.6 Å². The minimum absolute atomic E-state index is 0.105. The van der Waals surface area contributed by atoms with Gasteiger partial charge in [0.1, 0.15) is 6.10 Å². The van der Waals surface area contributed by atoms with Crippen molar-refractivity contribution in [2.75, 3.05) is 46.3 Å². The first-order valence-corrected chi connectivity index (χ1v) is 23.1. The molecule has 8 unspecified atom stereocenters. The lowest BCUT2D eigenvalue weighted by molar-refractivity contribution is -0.214. The van der Waals surface area contributed by atoms with Gasteiger partial charge in [0, 0.05) is 50.0 Å². The lowest BCUT2D eigenvalue weighted by Crippen LogP contribution is -2.63. The molecule has 6 aliphatic rings. The van der Waals surface area contributed by atoms with Gasteiger partial charge in [0.05, 0.1) is 18.4 Å². The Morgan fingerprint density at radius 1 is 0.898 bits per heavy atom. The average molecular weight is 814 g/mol. The largest absolute Gasteiger partial charge is 0.481 e. The van der Waals surface area contributed by atoms with Gasteiger partial charge in [0.2, 0.25) is 5.91 Å². The van der Waals surface area contributed by atoms with Gasteiger partial charge >= 0.3 is 11.9 Å². The molecule has 59 heavy (non-hydrogen) atoms. The molecule has 9 nitrogen and oxygen atoms in total. The Hall–Kier alpha value is -3.04. The summed E-state index contributed by atoms with van der Waals surface area (Å²) in [6.45, 7) is 22.7. The first kappa shape index (κ1) is 44.0. The number of nitrogens with zero attached hydrogens (tertiary/aromatic N) is 3. The number of fused-ring (bicyclic) bond motifs is 7. The summed E-state index contributed by atoms with van der Waals surface area (Å²) in [6, 6.07) is 10.5. The fourth-order valence-electron chi connectivity index (χ4n) is 14.3. The van der Waals surface area contributed by atoms with Crippen LogP contribution in [-0.2, 0) is 30.5 Å². The Bertz CT molecular complexity index is 1800. The number of piperazine rings is 1.